The number of piperidine rings is 1. The third kappa shape index (κ3) is 3.42. The molecule has 1 aromatic rings. The Kier molecular flexibility index (Phi) is 5.13. The zero-order chi connectivity index (χ0) is 18.0. The minimum atomic E-state index is -0.387. The van der Waals surface area contributed by atoms with Crippen LogP contribution in [-0.2, 0) is 20.7 Å². The first kappa shape index (κ1) is 17.9. The van der Waals surface area contributed by atoms with Gasteiger partial charge < -0.3 is 14.5 Å². The van der Waals surface area contributed by atoms with Gasteiger partial charge >= 0.3 is 0 Å². The summed E-state index contributed by atoms with van der Waals surface area (Å²) in [6.45, 7) is 7.05. The molecule has 2 aliphatic rings. The molecule has 2 amide bonds. The van der Waals surface area contributed by atoms with E-state index in [2.05, 4.69) is 10.2 Å². The monoisotopic (exact) mass is 348 g/mol. The molecule has 3 rings (SSSR count). The fraction of sp³-hybridized carbons (Fsp3) is 0.722. The number of carbonyl (C=O) groups excluding carboxylic acids is 2. The maximum atomic E-state index is 13.0. The molecule has 2 saturated heterocycles. The molecule has 1 N–H and O–H groups in total. The van der Waals surface area contributed by atoms with Gasteiger partial charge in [0.25, 0.3) is 0 Å². The number of amides is 2. The Balaban J connectivity index is 1.66. The number of nitrogens with zero attached hydrogens (tertiary/aromatic N) is 3. The topological polar surface area (TPSA) is 78.5 Å². The highest BCUT2D eigenvalue weighted by molar-refractivity contribution is 5.86. The predicted octanol–water partition coefficient (Wildman–Crippen LogP) is 1.06. The highest BCUT2D eigenvalue weighted by Gasteiger charge is 2.49. The Bertz CT molecular complexity index is 637. The SMILES string of the molecule is COCCN1CCC[C@]2(CCN(C(=O)Cc3c(C)n[nH]c3C)C2)C1=O. The molecule has 2 fully saturated rings. The number of ether oxygens (including phenoxy) is 1. The van der Waals surface area contributed by atoms with Crippen molar-refractivity contribution in [1.82, 2.24) is 20.0 Å². The Morgan fingerprint density at radius 1 is 1.32 bits per heavy atom. The average molecular weight is 348 g/mol. The number of rotatable bonds is 5. The lowest BCUT2D eigenvalue weighted by Crippen LogP contribution is -2.51. The van der Waals surface area contributed by atoms with Gasteiger partial charge in [0.1, 0.15) is 0 Å². The van der Waals surface area contributed by atoms with E-state index in [1.807, 2.05) is 23.6 Å². The van der Waals surface area contributed by atoms with Crippen molar-refractivity contribution in [3.8, 4) is 0 Å². The van der Waals surface area contributed by atoms with Crippen LogP contribution < -0.4 is 0 Å². The van der Waals surface area contributed by atoms with Crippen LogP contribution in [0.1, 0.15) is 36.2 Å². The van der Waals surface area contributed by atoms with Crippen molar-refractivity contribution in [2.45, 2.75) is 39.5 Å². The molecular weight excluding hydrogens is 320 g/mol. The number of carbonyl (C=O) groups is 2. The molecule has 0 bridgehead atoms. The molecule has 3 heterocycles. The lowest BCUT2D eigenvalue weighted by atomic mass is 9.78. The van der Waals surface area contributed by atoms with Gasteiger partial charge in [0.15, 0.2) is 0 Å². The van der Waals surface area contributed by atoms with Crippen LogP contribution in [0.3, 0.4) is 0 Å². The number of methoxy groups -OCH3 is 1. The lowest BCUT2D eigenvalue weighted by molar-refractivity contribution is -0.146. The number of nitrogens with one attached hydrogen (secondary N) is 1. The third-order valence-corrected chi connectivity index (χ3v) is 5.70. The largest absolute Gasteiger partial charge is 0.383 e. The number of aromatic amines is 1. The molecule has 1 atom stereocenters. The van der Waals surface area contributed by atoms with Crippen molar-refractivity contribution in [2.24, 2.45) is 5.41 Å². The second-order valence-electron chi connectivity index (χ2n) is 7.32. The smallest absolute Gasteiger partial charge is 0.230 e. The van der Waals surface area contributed by atoms with Crippen LogP contribution >= 0.6 is 0 Å². The van der Waals surface area contributed by atoms with Crippen LogP contribution in [0.5, 0.6) is 0 Å². The molecule has 7 nitrogen and oxygen atoms in total. The van der Waals surface area contributed by atoms with Crippen molar-refractivity contribution >= 4 is 11.8 Å². The third-order valence-electron chi connectivity index (χ3n) is 5.70. The van der Waals surface area contributed by atoms with Crippen LogP contribution in [0.2, 0.25) is 0 Å². The van der Waals surface area contributed by atoms with E-state index in [0.29, 0.717) is 32.7 Å². The molecule has 0 aliphatic carbocycles. The summed E-state index contributed by atoms with van der Waals surface area (Å²) < 4.78 is 5.12. The normalized spacial score (nSPS) is 23.7. The van der Waals surface area contributed by atoms with E-state index in [0.717, 1.165) is 42.8 Å². The Morgan fingerprint density at radius 2 is 2.12 bits per heavy atom. The highest BCUT2D eigenvalue weighted by atomic mass is 16.5. The van der Waals surface area contributed by atoms with E-state index in [-0.39, 0.29) is 17.2 Å². The minimum Gasteiger partial charge on any atom is -0.383 e. The van der Waals surface area contributed by atoms with Gasteiger partial charge in [0.05, 0.1) is 24.1 Å². The van der Waals surface area contributed by atoms with Crippen LogP contribution in [-0.4, -0.2) is 71.7 Å². The Morgan fingerprint density at radius 3 is 2.80 bits per heavy atom. The van der Waals surface area contributed by atoms with E-state index in [1.165, 1.54) is 0 Å². The number of hydrogen-bond acceptors (Lipinski definition) is 4. The summed E-state index contributed by atoms with van der Waals surface area (Å²) in [5.41, 5.74) is 2.41. The van der Waals surface area contributed by atoms with Gasteiger partial charge in [-0.2, -0.15) is 5.10 Å². The molecule has 2 aliphatic heterocycles. The van der Waals surface area contributed by atoms with Crippen molar-refractivity contribution < 1.29 is 14.3 Å². The van der Waals surface area contributed by atoms with Gasteiger partial charge in [-0.05, 0) is 33.1 Å². The zero-order valence-corrected chi connectivity index (χ0v) is 15.4. The van der Waals surface area contributed by atoms with Crippen molar-refractivity contribution in [1.29, 1.82) is 0 Å². The molecule has 25 heavy (non-hydrogen) atoms. The van der Waals surface area contributed by atoms with E-state index in [4.69, 9.17) is 4.74 Å². The first-order valence-corrected chi connectivity index (χ1v) is 9.03. The van der Waals surface area contributed by atoms with Crippen LogP contribution in [0, 0.1) is 19.3 Å². The van der Waals surface area contributed by atoms with Gasteiger partial charge in [0, 0.05) is 44.5 Å². The molecule has 7 heteroatoms. The first-order chi connectivity index (χ1) is 12.0. The fourth-order valence-electron chi connectivity index (χ4n) is 4.13. The summed E-state index contributed by atoms with van der Waals surface area (Å²) in [6.07, 6.45) is 3.00. The van der Waals surface area contributed by atoms with Crippen molar-refractivity contribution in [3.05, 3.63) is 17.0 Å². The number of H-pyrrole nitrogens is 1. The Labute approximate surface area is 148 Å². The highest BCUT2D eigenvalue weighted by Crippen LogP contribution is 2.40. The van der Waals surface area contributed by atoms with E-state index in [9.17, 15) is 9.59 Å². The minimum absolute atomic E-state index is 0.0892. The summed E-state index contributed by atoms with van der Waals surface area (Å²) in [5, 5.41) is 7.09. The first-order valence-electron chi connectivity index (χ1n) is 9.03. The average Bonchev–Trinajstić information content (AvgIpc) is 3.16. The standard InChI is InChI=1S/C18H28N4O3/c1-13-15(14(2)20-19-13)11-16(23)22-8-6-18(12-22)5-4-7-21(17(18)24)9-10-25-3/h4-12H2,1-3H3,(H,19,20)/t18-/m1/s1. The maximum Gasteiger partial charge on any atom is 0.230 e. The summed E-state index contributed by atoms with van der Waals surface area (Å²) in [7, 11) is 1.65. The molecule has 0 radical (unpaired) electrons. The summed E-state index contributed by atoms with van der Waals surface area (Å²) in [6, 6.07) is 0. The van der Waals surface area contributed by atoms with Gasteiger partial charge in [-0.25, -0.2) is 0 Å². The second kappa shape index (κ2) is 7.15. The Hall–Kier alpha value is -1.89. The maximum absolute atomic E-state index is 13.0. The van der Waals surface area contributed by atoms with Crippen molar-refractivity contribution in [3.63, 3.8) is 0 Å². The second-order valence-corrected chi connectivity index (χ2v) is 7.32. The molecule has 1 spiro atoms. The van der Waals surface area contributed by atoms with E-state index >= 15 is 0 Å². The van der Waals surface area contributed by atoms with Crippen molar-refractivity contribution in [2.75, 3.05) is 39.9 Å². The summed E-state index contributed by atoms with van der Waals surface area (Å²) in [4.78, 5) is 29.5. The van der Waals surface area contributed by atoms with Crippen LogP contribution in [0.25, 0.3) is 0 Å². The predicted molar refractivity (Wildman–Crippen MR) is 93.1 cm³/mol. The zero-order valence-electron chi connectivity index (χ0n) is 15.4. The molecule has 0 unspecified atom stereocenters. The van der Waals surface area contributed by atoms with E-state index in [1.54, 1.807) is 7.11 Å². The number of hydrogen-bond donors (Lipinski definition) is 1. The molecule has 138 valence electrons. The quantitative estimate of drug-likeness (QED) is 0.863. The molecule has 0 aromatic carbocycles. The van der Waals surface area contributed by atoms with Crippen LogP contribution in [0.15, 0.2) is 0 Å². The van der Waals surface area contributed by atoms with Crippen LogP contribution in [0.4, 0.5) is 0 Å². The van der Waals surface area contributed by atoms with Gasteiger partial charge in [-0.3, -0.25) is 14.7 Å². The van der Waals surface area contributed by atoms with E-state index < -0.39 is 0 Å². The number of aryl methyl sites for hydroxylation is 2. The molecular formula is C18H28N4O3. The lowest BCUT2D eigenvalue weighted by Gasteiger charge is -2.39. The molecule has 0 saturated carbocycles. The van der Waals surface area contributed by atoms with Gasteiger partial charge in [-0.15, -0.1) is 0 Å². The van der Waals surface area contributed by atoms with Gasteiger partial charge in [0.2, 0.25) is 11.8 Å². The van der Waals surface area contributed by atoms with Gasteiger partial charge in [-0.1, -0.05) is 0 Å². The fourth-order valence-corrected chi connectivity index (χ4v) is 4.13. The summed E-state index contributed by atoms with van der Waals surface area (Å²) >= 11 is 0. The number of aromatic nitrogens is 2. The molecule has 1 aromatic heterocycles. The summed E-state index contributed by atoms with van der Waals surface area (Å²) in [5.74, 6) is 0.285. The number of likely N-dealkylation sites (tertiary alicyclic amines) is 2.